The number of ether oxygens (including phenoxy) is 2. The van der Waals surface area contributed by atoms with E-state index in [0.29, 0.717) is 6.61 Å². The molecule has 2 rings (SSSR count). The van der Waals surface area contributed by atoms with E-state index < -0.39 is 0 Å². The molecule has 0 aliphatic heterocycles. The minimum Gasteiger partial charge on any atom is -0.494 e. The number of allylic oxidation sites excluding steroid dienone is 1. The summed E-state index contributed by atoms with van der Waals surface area (Å²) >= 11 is 0. The van der Waals surface area contributed by atoms with Crippen molar-refractivity contribution >= 4 is 0 Å². The van der Waals surface area contributed by atoms with Gasteiger partial charge < -0.3 is 9.47 Å². The summed E-state index contributed by atoms with van der Waals surface area (Å²) < 4.78 is 11.6. The third-order valence-electron chi connectivity index (χ3n) is 5.31. The van der Waals surface area contributed by atoms with Gasteiger partial charge in [0.1, 0.15) is 18.1 Å². The van der Waals surface area contributed by atoms with Crippen LogP contribution in [0.15, 0.2) is 60.7 Å². The monoisotopic (exact) mass is 432 g/mol. The molecule has 2 heteroatoms. The van der Waals surface area contributed by atoms with Crippen molar-refractivity contribution in [2.75, 3.05) is 13.2 Å². The molecule has 32 heavy (non-hydrogen) atoms. The summed E-state index contributed by atoms with van der Waals surface area (Å²) in [4.78, 5) is 0. The molecular weight excluding hydrogens is 392 g/mol. The minimum absolute atomic E-state index is 0.616. The molecule has 0 atom stereocenters. The number of rotatable bonds is 15. The molecule has 2 aromatic rings. The maximum Gasteiger partial charge on any atom is 0.119 e. The highest BCUT2D eigenvalue weighted by molar-refractivity contribution is 5.45. The largest absolute Gasteiger partial charge is 0.494 e. The van der Waals surface area contributed by atoms with Gasteiger partial charge >= 0.3 is 0 Å². The predicted octanol–water partition coefficient (Wildman–Crippen LogP) is 8.34. The number of benzene rings is 2. The normalized spacial score (nSPS) is 10.7. The number of hydrogen-bond acceptors (Lipinski definition) is 2. The van der Waals surface area contributed by atoms with Crippen LogP contribution in [-0.2, 0) is 0 Å². The molecular formula is C30H40O2. The summed E-state index contributed by atoms with van der Waals surface area (Å²) in [6.07, 6.45) is 16.9. The molecule has 172 valence electrons. The zero-order chi connectivity index (χ0) is 22.7. The molecule has 2 nitrogen and oxygen atoms in total. The summed E-state index contributed by atoms with van der Waals surface area (Å²) in [5.74, 6) is 8.24. The van der Waals surface area contributed by atoms with Crippen molar-refractivity contribution in [1.29, 1.82) is 0 Å². The fourth-order valence-corrected chi connectivity index (χ4v) is 3.33. The van der Waals surface area contributed by atoms with E-state index >= 15 is 0 Å². The predicted molar refractivity (Wildman–Crippen MR) is 137 cm³/mol. The highest BCUT2D eigenvalue weighted by Crippen LogP contribution is 2.14. The molecule has 0 unspecified atom stereocenters. The molecule has 0 aromatic heterocycles. The number of hydrogen-bond donors (Lipinski definition) is 0. The topological polar surface area (TPSA) is 18.5 Å². The summed E-state index contributed by atoms with van der Waals surface area (Å²) in [6, 6.07) is 16.0. The quantitative estimate of drug-likeness (QED) is 0.160. The molecule has 0 aliphatic carbocycles. The Balaban J connectivity index is 1.69. The summed E-state index contributed by atoms with van der Waals surface area (Å²) in [5.41, 5.74) is 1.97. The van der Waals surface area contributed by atoms with Gasteiger partial charge in [0.05, 0.1) is 6.61 Å². The lowest BCUT2D eigenvalue weighted by atomic mass is 10.1. The van der Waals surface area contributed by atoms with Crippen LogP contribution in [0.25, 0.3) is 0 Å². The first-order valence-corrected chi connectivity index (χ1v) is 12.4. The van der Waals surface area contributed by atoms with E-state index in [9.17, 15) is 0 Å². The van der Waals surface area contributed by atoms with Crippen molar-refractivity contribution in [3.05, 3.63) is 71.8 Å². The zero-order valence-corrected chi connectivity index (χ0v) is 20.1. The van der Waals surface area contributed by atoms with Gasteiger partial charge in [-0.15, -0.1) is 0 Å². The highest BCUT2D eigenvalue weighted by atomic mass is 16.5. The lowest BCUT2D eigenvalue weighted by molar-refractivity contribution is 0.304. The van der Waals surface area contributed by atoms with Gasteiger partial charge in [0.2, 0.25) is 0 Å². The van der Waals surface area contributed by atoms with Crippen molar-refractivity contribution in [1.82, 2.24) is 0 Å². The van der Waals surface area contributed by atoms with E-state index in [-0.39, 0.29) is 0 Å². The standard InChI is InChI=1S/C30H40O2/c1-3-5-7-9-11-13-25-31-29-21-17-27(18-22-29)15-16-28-19-23-30(24-20-28)32-26-14-12-10-8-6-4-2/h11,13,17-24H,3-10,12,14,25-26H2,1-2H3. The van der Waals surface area contributed by atoms with Crippen molar-refractivity contribution in [2.24, 2.45) is 0 Å². The Kier molecular flexibility index (Phi) is 13.6. The molecule has 0 heterocycles. The molecule has 0 saturated heterocycles. The first-order valence-electron chi connectivity index (χ1n) is 12.4. The minimum atomic E-state index is 0.616. The number of unbranched alkanes of at least 4 members (excludes halogenated alkanes) is 8. The lowest BCUT2D eigenvalue weighted by Gasteiger charge is -2.06. The van der Waals surface area contributed by atoms with Gasteiger partial charge in [0.25, 0.3) is 0 Å². The van der Waals surface area contributed by atoms with Gasteiger partial charge in [-0.1, -0.05) is 82.8 Å². The van der Waals surface area contributed by atoms with Crippen LogP contribution in [0.1, 0.15) is 89.2 Å². The molecule has 0 fully saturated rings. The maximum absolute atomic E-state index is 5.84. The van der Waals surface area contributed by atoms with E-state index in [4.69, 9.17) is 9.47 Å². The average molecular weight is 433 g/mol. The first kappa shape index (κ1) is 25.6. The Bertz CT molecular complexity index is 807. The second-order valence-electron chi connectivity index (χ2n) is 8.19. The molecule has 0 N–H and O–H groups in total. The summed E-state index contributed by atoms with van der Waals surface area (Å²) in [7, 11) is 0. The molecule has 0 bridgehead atoms. The van der Waals surface area contributed by atoms with Crippen LogP contribution in [0, 0.1) is 11.8 Å². The average Bonchev–Trinajstić information content (AvgIpc) is 2.83. The SMILES string of the molecule is CCCCCC=CCOc1ccc(C#Cc2ccc(OCCCCCCCC)cc2)cc1. The first-order chi connectivity index (χ1) is 15.8. The zero-order valence-electron chi connectivity index (χ0n) is 20.1. The van der Waals surface area contributed by atoms with Crippen molar-refractivity contribution in [3.8, 4) is 23.3 Å². The van der Waals surface area contributed by atoms with Crippen LogP contribution < -0.4 is 9.47 Å². The molecule has 0 spiro atoms. The molecule has 2 aromatic carbocycles. The van der Waals surface area contributed by atoms with Gasteiger partial charge in [-0.2, -0.15) is 0 Å². The van der Waals surface area contributed by atoms with Crippen molar-refractivity contribution < 1.29 is 9.47 Å². The van der Waals surface area contributed by atoms with Crippen LogP contribution in [0.5, 0.6) is 11.5 Å². The Morgan fingerprint density at radius 2 is 1.12 bits per heavy atom. The smallest absolute Gasteiger partial charge is 0.119 e. The van der Waals surface area contributed by atoms with Crippen LogP contribution in [-0.4, -0.2) is 13.2 Å². The third kappa shape index (κ3) is 11.7. The second-order valence-corrected chi connectivity index (χ2v) is 8.19. The maximum atomic E-state index is 5.84. The van der Waals surface area contributed by atoms with E-state index in [1.54, 1.807) is 0 Å². The van der Waals surface area contributed by atoms with E-state index in [1.807, 2.05) is 48.5 Å². The Labute approximate surface area is 196 Å². The van der Waals surface area contributed by atoms with Crippen LogP contribution in [0.3, 0.4) is 0 Å². The van der Waals surface area contributed by atoms with Crippen LogP contribution in [0.2, 0.25) is 0 Å². The van der Waals surface area contributed by atoms with E-state index in [1.165, 1.54) is 51.4 Å². The van der Waals surface area contributed by atoms with Gasteiger partial charge in [-0.05, 0) is 67.8 Å². The third-order valence-corrected chi connectivity index (χ3v) is 5.31. The van der Waals surface area contributed by atoms with Gasteiger partial charge in [-0.25, -0.2) is 0 Å². The second kappa shape index (κ2) is 17.0. The van der Waals surface area contributed by atoms with E-state index in [0.717, 1.165) is 42.1 Å². The van der Waals surface area contributed by atoms with Crippen molar-refractivity contribution in [2.45, 2.75) is 78.1 Å². The van der Waals surface area contributed by atoms with Gasteiger partial charge in [0.15, 0.2) is 0 Å². The molecule has 0 aliphatic rings. The Hall–Kier alpha value is -2.66. The fraction of sp³-hybridized carbons (Fsp3) is 0.467. The molecule has 0 radical (unpaired) electrons. The fourth-order valence-electron chi connectivity index (χ4n) is 3.33. The van der Waals surface area contributed by atoms with Crippen LogP contribution in [0.4, 0.5) is 0 Å². The molecule has 0 saturated carbocycles. The summed E-state index contributed by atoms with van der Waals surface area (Å²) in [5, 5.41) is 0. The van der Waals surface area contributed by atoms with Crippen molar-refractivity contribution in [3.63, 3.8) is 0 Å². The van der Waals surface area contributed by atoms with Gasteiger partial charge in [0, 0.05) is 11.1 Å². The van der Waals surface area contributed by atoms with Gasteiger partial charge in [-0.3, -0.25) is 0 Å². The Morgan fingerprint density at radius 1 is 0.594 bits per heavy atom. The van der Waals surface area contributed by atoms with Crippen LogP contribution >= 0.6 is 0 Å². The molecule has 0 amide bonds. The Morgan fingerprint density at radius 3 is 1.75 bits per heavy atom. The van der Waals surface area contributed by atoms with E-state index in [2.05, 4.69) is 37.8 Å². The summed E-state index contributed by atoms with van der Waals surface area (Å²) in [6.45, 7) is 5.88. The highest BCUT2D eigenvalue weighted by Gasteiger charge is 1.96. The lowest BCUT2D eigenvalue weighted by Crippen LogP contribution is -1.97.